The first-order valence-corrected chi connectivity index (χ1v) is 11.2. The van der Waals surface area contributed by atoms with Gasteiger partial charge in [0, 0.05) is 6.54 Å². The number of imide groups is 1. The van der Waals surface area contributed by atoms with Crippen LogP contribution in [0.15, 0.2) is 30.3 Å². The number of benzene rings is 1. The number of amides is 4. The molecule has 0 spiro atoms. The van der Waals surface area contributed by atoms with Crippen LogP contribution in [0.25, 0.3) is 0 Å². The number of carbonyl (C=O) groups excluding carboxylic acids is 3. The van der Waals surface area contributed by atoms with Crippen LogP contribution in [0.5, 0.6) is 0 Å². The Morgan fingerprint density at radius 1 is 1.13 bits per heavy atom. The fourth-order valence-electron chi connectivity index (χ4n) is 5.18. The molecule has 4 amide bonds. The highest BCUT2D eigenvalue weighted by molar-refractivity contribution is 6.07. The van der Waals surface area contributed by atoms with Gasteiger partial charge in [0.25, 0.3) is 11.8 Å². The third-order valence-electron chi connectivity index (χ3n) is 7.00. The van der Waals surface area contributed by atoms with Crippen LogP contribution >= 0.6 is 0 Å². The molecule has 0 aromatic heterocycles. The lowest BCUT2D eigenvalue weighted by atomic mass is 9.75. The number of aryl methyl sites for hydroxylation is 1. The Morgan fingerprint density at radius 3 is 2.63 bits per heavy atom. The van der Waals surface area contributed by atoms with E-state index in [-0.39, 0.29) is 12.5 Å². The second-order valence-corrected chi connectivity index (χ2v) is 9.25. The van der Waals surface area contributed by atoms with E-state index in [2.05, 4.69) is 15.6 Å². The lowest BCUT2D eigenvalue weighted by molar-refractivity contribution is -0.139. The van der Waals surface area contributed by atoms with Crippen molar-refractivity contribution in [2.24, 2.45) is 11.8 Å². The van der Waals surface area contributed by atoms with Crippen LogP contribution in [0.4, 0.5) is 4.79 Å². The monoisotopic (exact) mass is 412 g/mol. The summed E-state index contributed by atoms with van der Waals surface area (Å²) >= 11 is 0. The first-order valence-electron chi connectivity index (χ1n) is 11.2. The summed E-state index contributed by atoms with van der Waals surface area (Å²) in [7, 11) is 0. The molecule has 3 aliphatic rings. The summed E-state index contributed by atoms with van der Waals surface area (Å²) in [5.74, 6) is 0.774. The minimum Gasteiger partial charge on any atom is -0.322 e. The number of fused-ring (bicyclic) bond motifs is 1. The van der Waals surface area contributed by atoms with Gasteiger partial charge in [-0.3, -0.25) is 19.9 Å². The van der Waals surface area contributed by atoms with Crippen molar-refractivity contribution in [1.29, 1.82) is 0 Å². The van der Waals surface area contributed by atoms with Crippen LogP contribution in [0.2, 0.25) is 0 Å². The van der Waals surface area contributed by atoms with Gasteiger partial charge in [-0.2, -0.15) is 5.01 Å². The zero-order valence-corrected chi connectivity index (χ0v) is 17.7. The van der Waals surface area contributed by atoms with Gasteiger partial charge in [-0.15, -0.1) is 0 Å². The second kappa shape index (κ2) is 8.76. The summed E-state index contributed by atoms with van der Waals surface area (Å²) in [6.45, 7) is 3.79. The molecule has 30 heavy (non-hydrogen) atoms. The van der Waals surface area contributed by atoms with Gasteiger partial charge in [-0.25, -0.2) is 4.79 Å². The van der Waals surface area contributed by atoms with Crippen molar-refractivity contribution in [2.75, 3.05) is 19.6 Å². The van der Waals surface area contributed by atoms with Crippen LogP contribution in [-0.4, -0.2) is 52.9 Å². The maximum Gasteiger partial charge on any atom is 0.344 e. The minimum atomic E-state index is -1.01. The summed E-state index contributed by atoms with van der Waals surface area (Å²) in [6, 6.07) is 9.29. The van der Waals surface area contributed by atoms with E-state index in [1.54, 1.807) is 6.92 Å². The van der Waals surface area contributed by atoms with Crippen LogP contribution in [0.3, 0.4) is 0 Å². The topological polar surface area (TPSA) is 81.8 Å². The SMILES string of the molecule is C[C@@]1(CCc2ccccc2)NC(=O)N(NC(=O)CN2CC[C@@H]3CCCC[C@@H]3C2)C1=O. The van der Waals surface area contributed by atoms with Crippen LogP contribution in [-0.2, 0) is 16.0 Å². The van der Waals surface area contributed by atoms with Gasteiger partial charge in [0.15, 0.2) is 0 Å². The van der Waals surface area contributed by atoms with E-state index in [4.69, 9.17) is 0 Å². The van der Waals surface area contributed by atoms with Crippen molar-refractivity contribution >= 4 is 17.8 Å². The molecule has 2 saturated heterocycles. The maximum atomic E-state index is 12.9. The Bertz CT molecular complexity index is 799. The van der Waals surface area contributed by atoms with Crippen molar-refractivity contribution in [1.82, 2.24) is 20.7 Å². The lowest BCUT2D eigenvalue weighted by Crippen LogP contribution is -2.52. The van der Waals surface area contributed by atoms with Crippen molar-refractivity contribution in [3.8, 4) is 0 Å². The van der Waals surface area contributed by atoms with E-state index in [0.717, 1.165) is 36.0 Å². The first-order chi connectivity index (χ1) is 14.4. The molecule has 0 radical (unpaired) electrons. The maximum absolute atomic E-state index is 12.9. The molecule has 1 saturated carbocycles. The molecule has 0 unspecified atom stereocenters. The number of urea groups is 1. The summed E-state index contributed by atoms with van der Waals surface area (Å²) in [4.78, 5) is 40.0. The van der Waals surface area contributed by atoms with Gasteiger partial charge < -0.3 is 5.32 Å². The van der Waals surface area contributed by atoms with Gasteiger partial charge in [-0.1, -0.05) is 49.6 Å². The van der Waals surface area contributed by atoms with E-state index in [9.17, 15) is 14.4 Å². The number of hydrogen-bond acceptors (Lipinski definition) is 4. The number of hydrazine groups is 1. The van der Waals surface area contributed by atoms with Crippen LogP contribution < -0.4 is 10.7 Å². The number of likely N-dealkylation sites (tertiary alicyclic amines) is 1. The van der Waals surface area contributed by atoms with E-state index >= 15 is 0 Å². The van der Waals surface area contributed by atoms with Gasteiger partial charge >= 0.3 is 6.03 Å². The average molecular weight is 413 g/mol. The number of piperidine rings is 1. The molecular weight excluding hydrogens is 380 g/mol. The van der Waals surface area contributed by atoms with Crippen molar-refractivity contribution in [3.63, 3.8) is 0 Å². The Balaban J connectivity index is 1.30. The quantitative estimate of drug-likeness (QED) is 0.704. The van der Waals surface area contributed by atoms with Gasteiger partial charge in [0.1, 0.15) is 5.54 Å². The zero-order valence-electron chi connectivity index (χ0n) is 17.7. The van der Waals surface area contributed by atoms with E-state index in [1.807, 2.05) is 30.3 Å². The smallest absolute Gasteiger partial charge is 0.322 e. The fraction of sp³-hybridized carbons (Fsp3) is 0.609. The molecule has 2 N–H and O–H groups in total. The molecule has 2 aliphatic heterocycles. The van der Waals surface area contributed by atoms with Crippen molar-refractivity contribution in [2.45, 2.75) is 57.4 Å². The Kier molecular flexibility index (Phi) is 6.09. The number of carbonyl (C=O) groups is 3. The Labute approximate surface area is 178 Å². The summed E-state index contributed by atoms with van der Waals surface area (Å²) in [5.41, 5.74) is 2.63. The highest BCUT2D eigenvalue weighted by atomic mass is 16.2. The second-order valence-electron chi connectivity index (χ2n) is 9.25. The third-order valence-corrected chi connectivity index (χ3v) is 7.00. The molecule has 3 fully saturated rings. The van der Waals surface area contributed by atoms with E-state index in [0.29, 0.717) is 18.8 Å². The number of hydrogen-bond donors (Lipinski definition) is 2. The van der Waals surface area contributed by atoms with Gasteiger partial charge in [0.2, 0.25) is 0 Å². The summed E-state index contributed by atoms with van der Waals surface area (Å²) < 4.78 is 0. The largest absolute Gasteiger partial charge is 0.344 e. The normalized spacial score (nSPS) is 29.4. The van der Waals surface area contributed by atoms with Crippen LogP contribution in [0, 0.1) is 11.8 Å². The van der Waals surface area contributed by atoms with Gasteiger partial charge in [0.05, 0.1) is 6.54 Å². The Hall–Kier alpha value is -2.41. The molecule has 7 heteroatoms. The molecule has 0 bridgehead atoms. The van der Waals surface area contributed by atoms with Crippen molar-refractivity contribution in [3.05, 3.63) is 35.9 Å². The van der Waals surface area contributed by atoms with E-state index in [1.165, 1.54) is 25.7 Å². The minimum absolute atomic E-state index is 0.223. The fourth-order valence-corrected chi connectivity index (χ4v) is 5.18. The number of nitrogens with zero attached hydrogens (tertiary/aromatic N) is 2. The molecule has 7 nitrogen and oxygen atoms in total. The number of rotatable bonds is 6. The predicted molar refractivity (Wildman–Crippen MR) is 113 cm³/mol. The Morgan fingerprint density at radius 2 is 1.87 bits per heavy atom. The highest BCUT2D eigenvalue weighted by Crippen LogP contribution is 2.35. The molecule has 1 aromatic carbocycles. The van der Waals surface area contributed by atoms with Crippen LogP contribution in [0.1, 0.15) is 51.0 Å². The first kappa shape index (κ1) is 20.8. The highest BCUT2D eigenvalue weighted by Gasteiger charge is 2.48. The third kappa shape index (κ3) is 4.51. The average Bonchev–Trinajstić information content (AvgIpc) is 2.96. The summed E-state index contributed by atoms with van der Waals surface area (Å²) in [6.07, 6.45) is 7.45. The predicted octanol–water partition coefficient (Wildman–Crippen LogP) is 2.47. The number of nitrogens with one attached hydrogen (secondary N) is 2. The molecule has 1 aromatic rings. The molecule has 3 atom stereocenters. The molecule has 4 rings (SSSR count). The summed E-state index contributed by atoms with van der Waals surface area (Å²) in [5, 5.41) is 3.62. The zero-order chi connectivity index (χ0) is 21.1. The lowest BCUT2D eigenvalue weighted by Gasteiger charge is -2.41. The van der Waals surface area contributed by atoms with E-state index < -0.39 is 17.5 Å². The molecular formula is C23H32N4O3. The standard InChI is InChI=1S/C23H32N4O3/c1-23(13-11-17-7-3-2-4-8-17)21(29)27(22(30)24-23)25-20(28)16-26-14-12-18-9-5-6-10-19(18)15-26/h2-4,7-8,18-19H,5-6,9-16H2,1H3,(H,24,30)(H,25,28)/t18-,19+,23-/m0/s1. The molecule has 1 aliphatic carbocycles. The van der Waals surface area contributed by atoms with Crippen molar-refractivity contribution < 1.29 is 14.4 Å². The molecule has 162 valence electrons. The van der Waals surface area contributed by atoms with Gasteiger partial charge in [-0.05, 0) is 56.6 Å². The molecule has 2 heterocycles.